The Labute approximate surface area is 53.9 Å². The van der Waals surface area contributed by atoms with Crippen molar-refractivity contribution >= 4 is 11.6 Å². The van der Waals surface area contributed by atoms with E-state index in [0.717, 1.165) is 0 Å². The Morgan fingerprint density at radius 3 is 2.12 bits per heavy atom. The SMILES string of the molecule is CC(Cl)n1cccc1. The molecule has 0 fully saturated rings. The molecular formula is C6H8ClN. The van der Waals surface area contributed by atoms with E-state index in [9.17, 15) is 0 Å². The fourth-order valence-electron chi connectivity index (χ4n) is 0.585. The molecule has 0 aliphatic heterocycles. The minimum atomic E-state index is 0.0741. The molecule has 1 heterocycles. The van der Waals surface area contributed by atoms with Crippen molar-refractivity contribution in [3.8, 4) is 0 Å². The summed E-state index contributed by atoms with van der Waals surface area (Å²) in [5.41, 5.74) is 0.0741. The first kappa shape index (κ1) is 5.70. The molecule has 0 N–H and O–H groups in total. The first-order chi connectivity index (χ1) is 3.80. The Morgan fingerprint density at radius 1 is 1.38 bits per heavy atom. The number of halogens is 1. The van der Waals surface area contributed by atoms with Crippen LogP contribution in [-0.4, -0.2) is 4.57 Å². The van der Waals surface area contributed by atoms with E-state index in [1.54, 1.807) is 0 Å². The van der Waals surface area contributed by atoms with Gasteiger partial charge in [0.25, 0.3) is 0 Å². The summed E-state index contributed by atoms with van der Waals surface area (Å²) in [5, 5.41) is 0. The van der Waals surface area contributed by atoms with Crippen LogP contribution < -0.4 is 0 Å². The van der Waals surface area contributed by atoms with Crippen LogP contribution in [0.2, 0.25) is 0 Å². The van der Waals surface area contributed by atoms with E-state index in [-0.39, 0.29) is 5.50 Å². The molecule has 2 heteroatoms. The summed E-state index contributed by atoms with van der Waals surface area (Å²) in [7, 11) is 0. The van der Waals surface area contributed by atoms with Crippen molar-refractivity contribution in [2.24, 2.45) is 0 Å². The molecule has 1 unspecified atom stereocenters. The molecule has 0 saturated heterocycles. The fraction of sp³-hybridized carbons (Fsp3) is 0.333. The molecule has 0 aliphatic carbocycles. The number of alkyl halides is 1. The average molecular weight is 130 g/mol. The van der Waals surface area contributed by atoms with Crippen molar-refractivity contribution in [1.82, 2.24) is 4.57 Å². The van der Waals surface area contributed by atoms with Gasteiger partial charge in [-0.05, 0) is 19.1 Å². The molecular weight excluding hydrogens is 122 g/mol. The van der Waals surface area contributed by atoms with Gasteiger partial charge in [0.15, 0.2) is 0 Å². The normalized spacial score (nSPS) is 13.8. The van der Waals surface area contributed by atoms with Crippen LogP contribution in [0, 0.1) is 0 Å². The Hall–Kier alpha value is -0.430. The zero-order valence-corrected chi connectivity index (χ0v) is 5.47. The molecule has 1 nitrogen and oxygen atoms in total. The predicted octanol–water partition coefficient (Wildman–Crippen LogP) is 2.25. The van der Waals surface area contributed by atoms with Crippen molar-refractivity contribution in [1.29, 1.82) is 0 Å². The lowest BCUT2D eigenvalue weighted by atomic mass is 10.7. The van der Waals surface area contributed by atoms with Gasteiger partial charge >= 0.3 is 0 Å². The maximum atomic E-state index is 5.71. The summed E-state index contributed by atoms with van der Waals surface area (Å²) in [6, 6.07) is 3.91. The van der Waals surface area contributed by atoms with Crippen LogP contribution >= 0.6 is 11.6 Å². The van der Waals surface area contributed by atoms with Crippen LogP contribution in [0.15, 0.2) is 24.5 Å². The van der Waals surface area contributed by atoms with Crippen molar-refractivity contribution in [3.63, 3.8) is 0 Å². The predicted molar refractivity (Wildman–Crippen MR) is 35.0 cm³/mol. The van der Waals surface area contributed by atoms with Gasteiger partial charge in [0.2, 0.25) is 0 Å². The minimum absolute atomic E-state index is 0.0741. The monoisotopic (exact) mass is 129 g/mol. The van der Waals surface area contributed by atoms with E-state index in [1.165, 1.54) is 0 Å². The Kier molecular flexibility index (Phi) is 1.59. The molecule has 1 aromatic heterocycles. The lowest BCUT2D eigenvalue weighted by Gasteiger charge is -2.01. The van der Waals surface area contributed by atoms with Crippen molar-refractivity contribution in [2.45, 2.75) is 12.4 Å². The molecule has 0 saturated carbocycles. The number of hydrogen-bond acceptors (Lipinski definition) is 0. The molecule has 0 spiro atoms. The van der Waals surface area contributed by atoms with E-state index in [4.69, 9.17) is 11.6 Å². The zero-order chi connectivity index (χ0) is 5.98. The third kappa shape index (κ3) is 1.04. The molecule has 8 heavy (non-hydrogen) atoms. The fourth-order valence-corrected chi connectivity index (χ4v) is 0.715. The molecule has 0 amide bonds. The van der Waals surface area contributed by atoms with Crippen LogP contribution in [0.25, 0.3) is 0 Å². The maximum Gasteiger partial charge on any atom is 0.105 e. The second-order valence-electron chi connectivity index (χ2n) is 1.70. The van der Waals surface area contributed by atoms with Gasteiger partial charge in [-0.2, -0.15) is 0 Å². The quantitative estimate of drug-likeness (QED) is 0.513. The Bertz CT molecular complexity index is 144. The van der Waals surface area contributed by atoms with E-state index in [1.807, 2.05) is 36.0 Å². The Morgan fingerprint density at radius 2 is 1.88 bits per heavy atom. The van der Waals surface area contributed by atoms with Crippen molar-refractivity contribution < 1.29 is 0 Å². The van der Waals surface area contributed by atoms with Crippen LogP contribution in [-0.2, 0) is 0 Å². The lowest BCUT2D eigenvalue weighted by Crippen LogP contribution is -1.91. The van der Waals surface area contributed by atoms with E-state index >= 15 is 0 Å². The molecule has 0 bridgehead atoms. The first-order valence-electron chi connectivity index (χ1n) is 2.57. The highest BCUT2D eigenvalue weighted by atomic mass is 35.5. The lowest BCUT2D eigenvalue weighted by molar-refractivity contribution is 0.734. The second-order valence-corrected chi connectivity index (χ2v) is 2.34. The number of aromatic nitrogens is 1. The standard InChI is InChI=1S/C6H8ClN/c1-6(7)8-4-2-3-5-8/h2-6H,1H3. The zero-order valence-electron chi connectivity index (χ0n) is 4.71. The van der Waals surface area contributed by atoms with Crippen LogP contribution in [0.1, 0.15) is 12.4 Å². The minimum Gasteiger partial charge on any atom is -0.338 e. The number of rotatable bonds is 1. The van der Waals surface area contributed by atoms with Crippen LogP contribution in [0.3, 0.4) is 0 Å². The summed E-state index contributed by atoms with van der Waals surface area (Å²) >= 11 is 5.71. The number of nitrogens with zero attached hydrogens (tertiary/aromatic N) is 1. The van der Waals surface area contributed by atoms with Gasteiger partial charge < -0.3 is 4.57 Å². The van der Waals surface area contributed by atoms with E-state index < -0.39 is 0 Å². The first-order valence-corrected chi connectivity index (χ1v) is 3.01. The highest BCUT2D eigenvalue weighted by Crippen LogP contribution is 2.08. The summed E-state index contributed by atoms with van der Waals surface area (Å²) < 4.78 is 1.93. The summed E-state index contributed by atoms with van der Waals surface area (Å²) in [5.74, 6) is 0. The maximum absolute atomic E-state index is 5.71. The molecule has 0 aromatic carbocycles. The highest BCUT2D eigenvalue weighted by Gasteiger charge is 1.92. The topological polar surface area (TPSA) is 4.93 Å². The van der Waals surface area contributed by atoms with Crippen LogP contribution in [0.5, 0.6) is 0 Å². The average Bonchev–Trinajstić information content (AvgIpc) is 2.12. The molecule has 0 aliphatic rings. The van der Waals surface area contributed by atoms with E-state index in [0.29, 0.717) is 0 Å². The van der Waals surface area contributed by atoms with Gasteiger partial charge in [0.05, 0.1) is 0 Å². The van der Waals surface area contributed by atoms with Gasteiger partial charge in [-0.3, -0.25) is 0 Å². The third-order valence-electron chi connectivity index (χ3n) is 1.04. The molecule has 1 aromatic rings. The van der Waals surface area contributed by atoms with Gasteiger partial charge in [0, 0.05) is 12.4 Å². The molecule has 1 atom stereocenters. The third-order valence-corrected chi connectivity index (χ3v) is 1.26. The summed E-state index contributed by atoms with van der Waals surface area (Å²) in [6.45, 7) is 1.93. The van der Waals surface area contributed by atoms with Gasteiger partial charge in [-0.25, -0.2) is 0 Å². The Balaban J connectivity index is 2.77. The highest BCUT2D eigenvalue weighted by molar-refractivity contribution is 6.18. The van der Waals surface area contributed by atoms with Crippen LogP contribution in [0.4, 0.5) is 0 Å². The van der Waals surface area contributed by atoms with E-state index in [2.05, 4.69) is 0 Å². The van der Waals surface area contributed by atoms with Gasteiger partial charge in [-0.15, -0.1) is 0 Å². The second kappa shape index (κ2) is 2.23. The molecule has 1 rings (SSSR count). The summed E-state index contributed by atoms with van der Waals surface area (Å²) in [4.78, 5) is 0. The van der Waals surface area contributed by atoms with Gasteiger partial charge in [0.1, 0.15) is 5.50 Å². The molecule has 0 radical (unpaired) electrons. The number of hydrogen-bond donors (Lipinski definition) is 0. The molecule has 44 valence electrons. The van der Waals surface area contributed by atoms with Gasteiger partial charge in [-0.1, -0.05) is 11.6 Å². The van der Waals surface area contributed by atoms with Crippen molar-refractivity contribution in [3.05, 3.63) is 24.5 Å². The smallest absolute Gasteiger partial charge is 0.105 e. The largest absolute Gasteiger partial charge is 0.338 e. The summed E-state index contributed by atoms with van der Waals surface area (Å²) in [6.07, 6.45) is 3.88. The van der Waals surface area contributed by atoms with Crippen molar-refractivity contribution in [2.75, 3.05) is 0 Å².